The number of carboxylic acid groups (broad SMARTS) is 1. The number of aliphatic hydroxyl groups excluding tert-OH is 1. The molecule has 1 unspecified atom stereocenters. The quantitative estimate of drug-likeness (QED) is 0.490. The first-order valence-electron chi connectivity index (χ1n) is 5.20. The fraction of sp³-hybridized carbons (Fsp3) is 0.727. The van der Waals surface area contributed by atoms with Crippen LogP contribution in [-0.2, 0) is 4.79 Å². The van der Waals surface area contributed by atoms with Crippen LogP contribution in [-0.4, -0.2) is 22.3 Å². The van der Waals surface area contributed by atoms with Crippen molar-refractivity contribution >= 4 is 5.97 Å². The van der Waals surface area contributed by atoms with E-state index in [1.165, 1.54) is 6.08 Å². The third kappa shape index (κ3) is 6.66. The maximum Gasteiger partial charge on any atom is 0.331 e. The van der Waals surface area contributed by atoms with Gasteiger partial charge in [-0.05, 0) is 25.8 Å². The summed E-state index contributed by atoms with van der Waals surface area (Å²) in [5.74, 6) is -0.914. The zero-order valence-electron chi connectivity index (χ0n) is 8.99. The van der Waals surface area contributed by atoms with Crippen LogP contribution in [0.1, 0.15) is 46.0 Å². The SMILES string of the molecule is CCCCCCC(=CC(C)O)C(=O)O. The molecule has 0 radical (unpaired) electrons. The largest absolute Gasteiger partial charge is 0.478 e. The second kappa shape index (κ2) is 7.56. The molecule has 0 bridgehead atoms. The number of hydrogen-bond acceptors (Lipinski definition) is 2. The lowest BCUT2D eigenvalue weighted by Crippen LogP contribution is -2.05. The van der Waals surface area contributed by atoms with Crippen molar-refractivity contribution in [2.45, 2.75) is 52.1 Å². The van der Waals surface area contributed by atoms with Gasteiger partial charge in [0.05, 0.1) is 6.10 Å². The van der Waals surface area contributed by atoms with Gasteiger partial charge in [0.25, 0.3) is 0 Å². The van der Waals surface area contributed by atoms with Crippen molar-refractivity contribution < 1.29 is 15.0 Å². The number of carbonyl (C=O) groups is 1. The molecular formula is C11H20O3. The highest BCUT2D eigenvalue weighted by Gasteiger charge is 2.07. The first-order chi connectivity index (χ1) is 6.57. The van der Waals surface area contributed by atoms with Crippen LogP contribution in [0.4, 0.5) is 0 Å². The number of hydrogen-bond donors (Lipinski definition) is 2. The van der Waals surface area contributed by atoms with Gasteiger partial charge in [-0.2, -0.15) is 0 Å². The molecule has 0 rings (SSSR count). The molecule has 3 heteroatoms. The Morgan fingerprint density at radius 3 is 2.43 bits per heavy atom. The second-order valence-corrected chi connectivity index (χ2v) is 3.55. The molecule has 0 aliphatic heterocycles. The molecule has 0 heterocycles. The molecule has 0 amide bonds. The molecule has 3 nitrogen and oxygen atoms in total. The van der Waals surface area contributed by atoms with Gasteiger partial charge in [0.2, 0.25) is 0 Å². The summed E-state index contributed by atoms with van der Waals surface area (Å²) in [6, 6.07) is 0. The Bertz CT molecular complexity index is 195. The minimum absolute atomic E-state index is 0.330. The Hall–Kier alpha value is -0.830. The lowest BCUT2D eigenvalue weighted by Gasteiger charge is -2.03. The van der Waals surface area contributed by atoms with Crippen molar-refractivity contribution in [2.75, 3.05) is 0 Å². The fourth-order valence-electron chi connectivity index (χ4n) is 1.29. The summed E-state index contributed by atoms with van der Waals surface area (Å²) in [6.07, 6.45) is 5.52. The maximum atomic E-state index is 10.7. The average molecular weight is 200 g/mol. The van der Waals surface area contributed by atoms with E-state index in [1.807, 2.05) is 0 Å². The Balaban J connectivity index is 3.93. The number of rotatable bonds is 7. The summed E-state index contributed by atoms with van der Waals surface area (Å²) >= 11 is 0. The maximum absolute atomic E-state index is 10.7. The third-order valence-electron chi connectivity index (χ3n) is 2.02. The van der Waals surface area contributed by atoms with Crippen molar-refractivity contribution in [3.8, 4) is 0 Å². The van der Waals surface area contributed by atoms with E-state index in [0.717, 1.165) is 25.7 Å². The Kier molecular flexibility index (Phi) is 7.11. The van der Waals surface area contributed by atoms with E-state index in [4.69, 9.17) is 10.2 Å². The minimum Gasteiger partial charge on any atom is -0.478 e. The zero-order chi connectivity index (χ0) is 11.0. The van der Waals surface area contributed by atoms with Gasteiger partial charge < -0.3 is 10.2 Å². The first kappa shape index (κ1) is 13.2. The molecule has 0 saturated carbocycles. The van der Waals surface area contributed by atoms with Crippen molar-refractivity contribution in [3.05, 3.63) is 11.6 Å². The molecule has 82 valence electrons. The minimum atomic E-state index is -0.914. The number of aliphatic hydroxyl groups is 1. The molecule has 0 aromatic rings. The van der Waals surface area contributed by atoms with Crippen LogP contribution in [0.25, 0.3) is 0 Å². The van der Waals surface area contributed by atoms with Gasteiger partial charge in [-0.3, -0.25) is 0 Å². The highest BCUT2D eigenvalue weighted by atomic mass is 16.4. The highest BCUT2D eigenvalue weighted by molar-refractivity contribution is 5.86. The molecule has 0 saturated heterocycles. The van der Waals surface area contributed by atoms with E-state index in [-0.39, 0.29) is 0 Å². The zero-order valence-corrected chi connectivity index (χ0v) is 8.99. The Labute approximate surface area is 85.4 Å². The van der Waals surface area contributed by atoms with E-state index in [2.05, 4.69) is 6.92 Å². The average Bonchev–Trinajstić information content (AvgIpc) is 2.09. The molecule has 1 atom stereocenters. The van der Waals surface area contributed by atoms with Crippen LogP contribution in [0.3, 0.4) is 0 Å². The van der Waals surface area contributed by atoms with E-state index in [0.29, 0.717) is 12.0 Å². The Morgan fingerprint density at radius 2 is 2.00 bits per heavy atom. The molecule has 2 N–H and O–H groups in total. The van der Waals surface area contributed by atoms with E-state index in [1.54, 1.807) is 6.92 Å². The smallest absolute Gasteiger partial charge is 0.331 e. The van der Waals surface area contributed by atoms with Crippen LogP contribution in [0, 0.1) is 0 Å². The van der Waals surface area contributed by atoms with Gasteiger partial charge in [-0.1, -0.05) is 26.2 Å². The predicted octanol–water partition coefficient (Wildman–Crippen LogP) is 2.35. The van der Waals surface area contributed by atoms with Crippen LogP contribution in [0.15, 0.2) is 11.6 Å². The predicted molar refractivity (Wildman–Crippen MR) is 56.2 cm³/mol. The van der Waals surface area contributed by atoms with Gasteiger partial charge in [-0.25, -0.2) is 4.79 Å². The standard InChI is InChI=1S/C11H20O3/c1-3-4-5-6-7-10(11(13)14)8-9(2)12/h8-9,12H,3-7H2,1-2H3,(H,13,14). The lowest BCUT2D eigenvalue weighted by atomic mass is 10.1. The molecular weight excluding hydrogens is 180 g/mol. The van der Waals surface area contributed by atoms with Crippen LogP contribution in [0.2, 0.25) is 0 Å². The van der Waals surface area contributed by atoms with Gasteiger partial charge in [0.1, 0.15) is 0 Å². The number of carboxylic acids is 1. The highest BCUT2D eigenvalue weighted by Crippen LogP contribution is 2.11. The van der Waals surface area contributed by atoms with Crippen molar-refractivity contribution in [1.29, 1.82) is 0 Å². The summed E-state index contributed by atoms with van der Waals surface area (Å²) in [7, 11) is 0. The summed E-state index contributed by atoms with van der Waals surface area (Å²) in [6.45, 7) is 3.68. The topological polar surface area (TPSA) is 57.5 Å². The van der Waals surface area contributed by atoms with E-state index in [9.17, 15) is 4.79 Å². The molecule has 0 fully saturated rings. The molecule has 0 aromatic heterocycles. The Morgan fingerprint density at radius 1 is 1.36 bits per heavy atom. The summed E-state index contributed by atoms with van der Waals surface area (Å²) in [5.41, 5.74) is 0.330. The lowest BCUT2D eigenvalue weighted by molar-refractivity contribution is -0.132. The molecule has 0 aromatic carbocycles. The van der Waals surface area contributed by atoms with Gasteiger partial charge in [0.15, 0.2) is 0 Å². The summed E-state index contributed by atoms with van der Waals surface area (Å²) in [4.78, 5) is 10.7. The van der Waals surface area contributed by atoms with E-state index >= 15 is 0 Å². The van der Waals surface area contributed by atoms with Gasteiger partial charge in [-0.15, -0.1) is 0 Å². The molecule has 0 aliphatic carbocycles. The second-order valence-electron chi connectivity index (χ2n) is 3.55. The van der Waals surface area contributed by atoms with Crippen LogP contribution in [0.5, 0.6) is 0 Å². The van der Waals surface area contributed by atoms with E-state index < -0.39 is 12.1 Å². The summed E-state index contributed by atoms with van der Waals surface area (Å²) in [5, 5.41) is 17.8. The third-order valence-corrected chi connectivity index (χ3v) is 2.02. The molecule has 0 aliphatic rings. The van der Waals surface area contributed by atoms with Crippen LogP contribution < -0.4 is 0 Å². The summed E-state index contributed by atoms with van der Waals surface area (Å²) < 4.78 is 0. The molecule has 0 spiro atoms. The van der Waals surface area contributed by atoms with Crippen molar-refractivity contribution in [1.82, 2.24) is 0 Å². The van der Waals surface area contributed by atoms with Crippen LogP contribution >= 0.6 is 0 Å². The molecule has 14 heavy (non-hydrogen) atoms. The fourth-order valence-corrected chi connectivity index (χ4v) is 1.29. The first-order valence-corrected chi connectivity index (χ1v) is 5.20. The monoisotopic (exact) mass is 200 g/mol. The normalized spacial score (nSPS) is 14.1. The number of unbranched alkanes of at least 4 members (excludes halogenated alkanes) is 3. The van der Waals surface area contributed by atoms with Gasteiger partial charge in [0, 0.05) is 5.57 Å². The number of aliphatic carboxylic acids is 1. The van der Waals surface area contributed by atoms with Gasteiger partial charge >= 0.3 is 5.97 Å². The van der Waals surface area contributed by atoms with Crippen molar-refractivity contribution in [3.63, 3.8) is 0 Å². The van der Waals surface area contributed by atoms with Crippen molar-refractivity contribution in [2.24, 2.45) is 0 Å².